The van der Waals surface area contributed by atoms with E-state index < -0.39 is 16.4 Å². The summed E-state index contributed by atoms with van der Waals surface area (Å²) in [6.45, 7) is 4.66. The molecule has 2 amide bonds. The van der Waals surface area contributed by atoms with Crippen molar-refractivity contribution in [1.29, 1.82) is 0 Å². The minimum absolute atomic E-state index is 0.0488. The number of anilines is 2. The van der Waals surface area contributed by atoms with E-state index in [4.69, 9.17) is 4.74 Å². The molecule has 0 bridgehead atoms. The Hall–Kier alpha value is -3.97. The molecule has 0 unspecified atom stereocenters. The van der Waals surface area contributed by atoms with Crippen molar-refractivity contribution in [3.8, 4) is 17.2 Å². The number of carbonyl (C=O) groups is 1. The molecule has 1 fully saturated rings. The SMILES string of the molecule is CCCCN(C(=O)NC1CCN(Cc2ccc(Oc3ccc(NS(C)(=O)=O)cc3)cc2)CC1)c1cccc(OC(F)(F)F)c1. The molecular formula is C31H37F3N4O5S. The summed E-state index contributed by atoms with van der Waals surface area (Å²) >= 11 is 0. The van der Waals surface area contributed by atoms with Gasteiger partial charge in [-0.3, -0.25) is 14.5 Å². The molecule has 2 N–H and O–H groups in total. The molecule has 238 valence electrons. The Morgan fingerprint density at radius 1 is 0.977 bits per heavy atom. The number of sulfonamides is 1. The number of piperidine rings is 1. The quantitative estimate of drug-likeness (QED) is 0.229. The van der Waals surface area contributed by atoms with Gasteiger partial charge in [0.15, 0.2) is 0 Å². The predicted octanol–water partition coefficient (Wildman–Crippen LogP) is 6.73. The maximum atomic E-state index is 13.2. The molecule has 1 aliphatic heterocycles. The smallest absolute Gasteiger partial charge is 0.457 e. The zero-order valence-corrected chi connectivity index (χ0v) is 25.5. The highest BCUT2D eigenvalue weighted by atomic mass is 32.2. The number of benzene rings is 3. The van der Waals surface area contributed by atoms with Gasteiger partial charge in [0, 0.05) is 49.7 Å². The van der Waals surface area contributed by atoms with Crippen LogP contribution in [-0.4, -0.2) is 57.6 Å². The molecular weight excluding hydrogens is 597 g/mol. The summed E-state index contributed by atoms with van der Waals surface area (Å²) in [5, 5.41) is 3.07. The van der Waals surface area contributed by atoms with E-state index in [-0.39, 0.29) is 17.8 Å². The molecule has 44 heavy (non-hydrogen) atoms. The Labute approximate surface area is 256 Å². The fourth-order valence-corrected chi connectivity index (χ4v) is 5.43. The third-order valence-electron chi connectivity index (χ3n) is 6.98. The van der Waals surface area contributed by atoms with Crippen molar-refractivity contribution in [1.82, 2.24) is 10.2 Å². The fraction of sp³-hybridized carbons (Fsp3) is 0.387. The fourth-order valence-electron chi connectivity index (χ4n) is 4.86. The Morgan fingerprint density at radius 3 is 2.20 bits per heavy atom. The van der Waals surface area contributed by atoms with E-state index in [1.54, 1.807) is 30.3 Å². The molecule has 9 nitrogen and oxygen atoms in total. The van der Waals surface area contributed by atoms with Crippen LogP contribution in [-0.2, 0) is 16.6 Å². The number of rotatable bonds is 12. The third kappa shape index (κ3) is 10.6. The normalized spacial score (nSPS) is 14.6. The molecule has 0 atom stereocenters. The van der Waals surface area contributed by atoms with E-state index in [0.29, 0.717) is 35.8 Å². The second kappa shape index (κ2) is 14.7. The minimum atomic E-state index is -4.81. The molecule has 0 aliphatic carbocycles. The topological polar surface area (TPSA) is 100 Å². The van der Waals surface area contributed by atoms with Crippen LogP contribution >= 0.6 is 0 Å². The highest BCUT2D eigenvalue weighted by molar-refractivity contribution is 7.92. The van der Waals surface area contributed by atoms with Crippen LogP contribution in [0.3, 0.4) is 0 Å². The Kier molecular flexibility index (Phi) is 11.0. The molecule has 3 aromatic carbocycles. The first kappa shape index (κ1) is 32.9. The molecule has 0 aromatic heterocycles. The van der Waals surface area contributed by atoms with Crippen molar-refractivity contribution in [2.75, 3.05) is 35.5 Å². The third-order valence-corrected chi connectivity index (χ3v) is 7.59. The predicted molar refractivity (Wildman–Crippen MR) is 164 cm³/mol. The number of urea groups is 1. The average molecular weight is 635 g/mol. The zero-order chi connectivity index (χ0) is 31.7. The van der Waals surface area contributed by atoms with Gasteiger partial charge < -0.3 is 14.8 Å². The lowest BCUT2D eigenvalue weighted by molar-refractivity contribution is -0.274. The number of likely N-dealkylation sites (tertiary alicyclic amines) is 1. The summed E-state index contributed by atoms with van der Waals surface area (Å²) < 4.78 is 73.2. The second-order valence-electron chi connectivity index (χ2n) is 10.7. The second-order valence-corrected chi connectivity index (χ2v) is 12.4. The number of nitrogens with one attached hydrogen (secondary N) is 2. The number of nitrogens with zero attached hydrogens (tertiary/aromatic N) is 2. The van der Waals surface area contributed by atoms with Gasteiger partial charge >= 0.3 is 12.4 Å². The van der Waals surface area contributed by atoms with Gasteiger partial charge in [0.2, 0.25) is 10.0 Å². The van der Waals surface area contributed by atoms with Gasteiger partial charge in [0.25, 0.3) is 0 Å². The van der Waals surface area contributed by atoms with Gasteiger partial charge in [-0.2, -0.15) is 0 Å². The number of unbranched alkanes of at least 4 members (excludes halogenated alkanes) is 1. The number of amides is 2. The average Bonchev–Trinajstić information content (AvgIpc) is 2.95. The van der Waals surface area contributed by atoms with E-state index in [1.807, 2.05) is 31.2 Å². The van der Waals surface area contributed by atoms with Crippen LogP contribution in [0.15, 0.2) is 72.8 Å². The first-order valence-electron chi connectivity index (χ1n) is 14.4. The molecule has 4 rings (SSSR count). The number of hydrogen-bond acceptors (Lipinski definition) is 6. The van der Waals surface area contributed by atoms with Crippen molar-refractivity contribution >= 4 is 27.4 Å². The van der Waals surface area contributed by atoms with Crippen LogP contribution in [0.4, 0.5) is 29.3 Å². The van der Waals surface area contributed by atoms with Crippen LogP contribution < -0.4 is 24.4 Å². The zero-order valence-electron chi connectivity index (χ0n) is 24.6. The molecule has 1 aliphatic rings. The van der Waals surface area contributed by atoms with Gasteiger partial charge in [-0.1, -0.05) is 31.5 Å². The van der Waals surface area contributed by atoms with Gasteiger partial charge in [-0.15, -0.1) is 13.2 Å². The van der Waals surface area contributed by atoms with Crippen LogP contribution in [0.1, 0.15) is 38.2 Å². The van der Waals surface area contributed by atoms with Gasteiger partial charge in [-0.05, 0) is 73.4 Å². The number of ether oxygens (including phenoxy) is 2. The summed E-state index contributed by atoms with van der Waals surface area (Å²) in [6, 6.07) is 19.5. The Balaban J connectivity index is 1.26. The standard InChI is InChI=1S/C31H37F3N4O5S/c1-3-4-18-38(26-6-5-7-29(21-26)43-31(32,33)34)30(39)35-24-16-19-37(20-17-24)22-23-8-12-27(13-9-23)42-28-14-10-25(11-15-28)36-44(2,40)41/h5-15,21,24,36H,3-4,16-20,22H2,1-2H3,(H,35,39). The van der Waals surface area contributed by atoms with Gasteiger partial charge in [0.1, 0.15) is 17.2 Å². The van der Waals surface area contributed by atoms with E-state index >= 15 is 0 Å². The van der Waals surface area contributed by atoms with Crippen LogP contribution in [0.5, 0.6) is 17.2 Å². The van der Waals surface area contributed by atoms with Crippen molar-refractivity contribution in [2.45, 2.75) is 51.6 Å². The van der Waals surface area contributed by atoms with Crippen LogP contribution in [0, 0.1) is 0 Å². The summed E-state index contributed by atoms with van der Waals surface area (Å²) in [6.07, 6.45) is -0.698. The number of carbonyl (C=O) groups excluding carboxylic acids is 1. The first-order valence-corrected chi connectivity index (χ1v) is 16.3. The van der Waals surface area contributed by atoms with Crippen molar-refractivity contribution in [3.63, 3.8) is 0 Å². The maximum Gasteiger partial charge on any atom is 0.573 e. The highest BCUT2D eigenvalue weighted by Crippen LogP contribution is 2.28. The molecule has 13 heteroatoms. The monoisotopic (exact) mass is 634 g/mol. The lowest BCUT2D eigenvalue weighted by Crippen LogP contribution is -2.49. The van der Waals surface area contributed by atoms with Gasteiger partial charge in [-0.25, -0.2) is 13.2 Å². The van der Waals surface area contributed by atoms with Crippen molar-refractivity contribution < 1.29 is 35.9 Å². The van der Waals surface area contributed by atoms with E-state index in [2.05, 4.69) is 19.7 Å². The number of alkyl halides is 3. The number of halogens is 3. The molecule has 0 radical (unpaired) electrons. The largest absolute Gasteiger partial charge is 0.573 e. The number of hydrogen-bond donors (Lipinski definition) is 2. The summed E-state index contributed by atoms with van der Waals surface area (Å²) in [7, 11) is -3.35. The molecule has 0 spiro atoms. The molecule has 0 saturated carbocycles. The highest BCUT2D eigenvalue weighted by Gasteiger charge is 2.31. The van der Waals surface area contributed by atoms with Crippen molar-refractivity contribution in [3.05, 3.63) is 78.4 Å². The van der Waals surface area contributed by atoms with Crippen LogP contribution in [0.2, 0.25) is 0 Å². The summed E-state index contributed by atoms with van der Waals surface area (Å²) in [4.78, 5) is 17.0. The van der Waals surface area contributed by atoms with E-state index in [0.717, 1.165) is 50.7 Å². The Morgan fingerprint density at radius 2 is 1.61 bits per heavy atom. The lowest BCUT2D eigenvalue weighted by atomic mass is 10.0. The molecule has 3 aromatic rings. The first-order chi connectivity index (χ1) is 20.9. The summed E-state index contributed by atoms with van der Waals surface area (Å²) in [5.41, 5.74) is 1.92. The Bertz CT molecular complexity index is 1480. The van der Waals surface area contributed by atoms with Gasteiger partial charge in [0.05, 0.1) is 6.26 Å². The lowest BCUT2D eigenvalue weighted by Gasteiger charge is -2.34. The summed E-state index contributed by atoms with van der Waals surface area (Å²) in [5.74, 6) is 0.869. The maximum absolute atomic E-state index is 13.2. The van der Waals surface area contributed by atoms with E-state index in [1.165, 1.54) is 23.1 Å². The van der Waals surface area contributed by atoms with E-state index in [9.17, 15) is 26.4 Å². The van der Waals surface area contributed by atoms with Crippen molar-refractivity contribution in [2.24, 2.45) is 0 Å². The van der Waals surface area contributed by atoms with Crippen LogP contribution in [0.25, 0.3) is 0 Å². The molecule has 1 heterocycles. The minimum Gasteiger partial charge on any atom is -0.457 e. The molecule has 1 saturated heterocycles.